The maximum Gasteiger partial charge on any atom is 0.128 e. The minimum Gasteiger partial charge on any atom is -0.508 e. The summed E-state index contributed by atoms with van der Waals surface area (Å²) in [4.78, 5) is 0. The van der Waals surface area contributed by atoms with Crippen LogP contribution in [0.15, 0.2) is 60.7 Å². The van der Waals surface area contributed by atoms with Crippen molar-refractivity contribution in [3.63, 3.8) is 0 Å². The van der Waals surface area contributed by atoms with Crippen LogP contribution in [0, 0.1) is 0 Å². The molecule has 0 bridgehead atoms. The predicted octanol–water partition coefficient (Wildman–Crippen LogP) is 8.44. The largest absolute Gasteiger partial charge is 0.508 e. The molecule has 0 heterocycles. The van der Waals surface area contributed by atoms with Crippen LogP contribution in [0.25, 0.3) is 22.3 Å². The summed E-state index contributed by atoms with van der Waals surface area (Å²) in [6, 6.07) is 17.2. The molecule has 0 amide bonds. The fraction of sp³-hybridized carbons (Fsp3) is 0.400. The van der Waals surface area contributed by atoms with Crippen molar-refractivity contribution in [1.29, 1.82) is 0 Å². The zero-order chi connectivity index (χ0) is 24.2. The smallest absolute Gasteiger partial charge is 0.128 e. The molecule has 34 heavy (non-hydrogen) atoms. The lowest BCUT2D eigenvalue weighted by molar-refractivity contribution is 0.305. The highest BCUT2D eigenvalue weighted by atomic mass is 16.5. The van der Waals surface area contributed by atoms with Crippen LogP contribution in [0.4, 0.5) is 0 Å². The van der Waals surface area contributed by atoms with Crippen LogP contribution < -0.4 is 4.74 Å². The van der Waals surface area contributed by atoms with Crippen molar-refractivity contribution in [3.05, 3.63) is 60.7 Å². The lowest BCUT2D eigenvalue weighted by Gasteiger charge is -2.16. The van der Waals surface area contributed by atoms with E-state index >= 15 is 0 Å². The molecule has 0 aliphatic heterocycles. The molecule has 0 unspecified atom stereocenters. The molecule has 0 aliphatic rings. The Kier molecular flexibility index (Phi) is 10.1. The lowest BCUT2D eigenvalue weighted by atomic mass is 9.97. The van der Waals surface area contributed by atoms with Gasteiger partial charge >= 0.3 is 0 Å². The topological polar surface area (TPSA) is 69.9 Å². The second-order valence-corrected chi connectivity index (χ2v) is 9.00. The van der Waals surface area contributed by atoms with Gasteiger partial charge in [-0.2, -0.15) is 0 Å². The second kappa shape index (κ2) is 13.5. The lowest BCUT2D eigenvalue weighted by Crippen LogP contribution is -2.00. The van der Waals surface area contributed by atoms with Gasteiger partial charge < -0.3 is 20.1 Å². The average molecular weight is 463 g/mol. The van der Waals surface area contributed by atoms with Crippen molar-refractivity contribution in [3.8, 4) is 45.3 Å². The molecule has 3 aromatic carbocycles. The predicted molar refractivity (Wildman–Crippen MR) is 140 cm³/mol. The molecule has 3 rings (SSSR count). The van der Waals surface area contributed by atoms with E-state index < -0.39 is 0 Å². The molecule has 4 heteroatoms. The van der Waals surface area contributed by atoms with Gasteiger partial charge in [0.15, 0.2) is 0 Å². The summed E-state index contributed by atoms with van der Waals surface area (Å²) in [5.41, 5.74) is 2.81. The number of phenolic OH excluding ortho intramolecular Hbond substituents is 3. The van der Waals surface area contributed by atoms with Gasteiger partial charge in [-0.15, -0.1) is 0 Å². The van der Waals surface area contributed by atoms with Crippen molar-refractivity contribution in [1.82, 2.24) is 0 Å². The zero-order valence-corrected chi connectivity index (χ0v) is 20.3. The summed E-state index contributed by atoms with van der Waals surface area (Å²) in [5.74, 6) is 1.05. The van der Waals surface area contributed by atoms with Crippen molar-refractivity contribution in [2.24, 2.45) is 0 Å². The number of ether oxygens (including phenoxy) is 1. The van der Waals surface area contributed by atoms with E-state index in [1.165, 1.54) is 51.4 Å². The first-order valence-electron chi connectivity index (χ1n) is 12.7. The molecule has 3 N–H and O–H groups in total. The highest BCUT2D eigenvalue weighted by molar-refractivity contribution is 5.81. The van der Waals surface area contributed by atoms with Gasteiger partial charge in [0.1, 0.15) is 23.0 Å². The van der Waals surface area contributed by atoms with Gasteiger partial charge in [-0.3, -0.25) is 0 Å². The first kappa shape index (κ1) is 25.5. The van der Waals surface area contributed by atoms with Crippen LogP contribution >= 0.6 is 0 Å². The molecule has 0 aromatic heterocycles. The van der Waals surface area contributed by atoms with Gasteiger partial charge in [-0.25, -0.2) is 0 Å². The molecule has 3 aromatic rings. The van der Waals surface area contributed by atoms with E-state index in [9.17, 15) is 15.3 Å². The van der Waals surface area contributed by atoms with E-state index in [0.717, 1.165) is 24.0 Å². The third-order valence-electron chi connectivity index (χ3n) is 6.17. The third kappa shape index (κ3) is 7.72. The van der Waals surface area contributed by atoms with Crippen LogP contribution in [-0.2, 0) is 0 Å². The number of unbranched alkanes of at least 4 members (excludes halogenated alkanes) is 9. The standard InChI is InChI=1S/C30H38O4/c1-2-3-4-5-6-7-8-9-10-11-18-34-30-22-27(23-14-12-16-25(31)19-23)29(33)21-28(30)24-15-13-17-26(32)20-24/h12-17,19-22,31-33H,2-11,18H2,1H3. The molecule has 0 saturated heterocycles. The van der Waals surface area contributed by atoms with Crippen molar-refractivity contribution >= 4 is 0 Å². The van der Waals surface area contributed by atoms with Crippen molar-refractivity contribution < 1.29 is 20.1 Å². The summed E-state index contributed by atoms with van der Waals surface area (Å²) in [5, 5.41) is 30.6. The fourth-order valence-electron chi connectivity index (χ4n) is 4.26. The zero-order valence-electron chi connectivity index (χ0n) is 20.3. The average Bonchev–Trinajstić information content (AvgIpc) is 2.83. The maximum absolute atomic E-state index is 10.8. The summed E-state index contributed by atoms with van der Waals surface area (Å²) < 4.78 is 6.20. The van der Waals surface area contributed by atoms with Crippen LogP contribution in [-0.4, -0.2) is 21.9 Å². The van der Waals surface area contributed by atoms with Gasteiger partial charge in [0.2, 0.25) is 0 Å². The minimum atomic E-state index is 0.0928. The minimum absolute atomic E-state index is 0.0928. The quantitative estimate of drug-likeness (QED) is 0.210. The summed E-state index contributed by atoms with van der Waals surface area (Å²) >= 11 is 0. The number of benzene rings is 3. The van der Waals surface area contributed by atoms with Gasteiger partial charge in [0.05, 0.1) is 6.61 Å². The van der Waals surface area contributed by atoms with E-state index in [1.54, 1.807) is 42.5 Å². The van der Waals surface area contributed by atoms with Gasteiger partial charge in [0.25, 0.3) is 0 Å². The van der Waals surface area contributed by atoms with E-state index in [4.69, 9.17) is 4.74 Å². The Morgan fingerprint density at radius 3 is 1.68 bits per heavy atom. The van der Waals surface area contributed by atoms with Gasteiger partial charge in [-0.1, -0.05) is 89.0 Å². The second-order valence-electron chi connectivity index (χ2n) is 9.00. The fourth-order valence-corrected chi connectivity index (χ4v) is 4.26. The molecular formula is C30H38O4. The Balaban J connectivity index is 1.64. The Labute approximate surface area is 203 Å². The van der Waals surface area contributed by atoms with Crippen molar-refractivity contribution in [2.75, 3.05) is 6.61 Å². The molecule has 0 spiro atoms. The van der Waals surface area contributed by atoms with E-state index in [2.05, 4.69) is 6.92 Å². The Morgan fingerprint density at radius 1 is 0.588 bits per heavy atom. The van der Waals surface area contributed by atoms with Crippen LogP contribution in [0.1, 0.15) is 71.1 Å². The Bertz CT molecular complexity index is 1030. The highest BCUT2D eigenvalue weighted by Crippen LogP contribution is 2.41. The van der Waals surface area contributed by atoms with Crippen LogP contribution in [0.2, 0.25) is 0 Å². The number of hydrogen-bond acceptors (Lipinski definition) is 4. The molecule has 0 saturated carbocycles. The maximum atomic E-state index is 10.8. The molecule has 0 atom stereocenters. The van der Waals surface area contributed by atoms with E-state index in [-0.39, 0.29) is 17.2 Å². The molecule has 4 nitrogen and oxygen atoms in total. The van der Waals surface area contributed by atoms with Crippen LogP contribution in [0.5, 0.6) is 23.0 Å². The molecule has 0 fully saturated rings. The third-order valence-corrected chi connectivity index (χ3v) is 6.17. The summed E-state index contributed by atoms with van der Waals surface area (Å²) in [6.45, 7) is 2.84. The Morgan fingerprint density at radius 2 is 1.12 bits per heavy atom. The van der Waals surface area contributed by atoms with Gasteiger partial charge in [0, 0.05) is 11.1 Å². The van der Waals surface area contributed by atoms with Crippen molar-refractivity contribution in [2.45, 2.75) is 71.1 Å². The molecule has 182 valence electrons. The molecule has 0 radical (unpaired) electrons. The summed E-state index contributed by atoms with van der Waals surface area (Å²) in [7, 11) is 0. The number of phenols is 3. The number of aromatic hydroxyl groups is 3. The van der Waals surface area contributed by atoms with Gasteiger partial charge in [-0.05, 0) is 53.9 Å². The normalized spacial score (nSPS) is 11.0. The monoisotopic (exact) mass is 462 g/mol. The molecule has 0 aliphatic carbocycles. The first-order chi connectivity index (χ1) is 16.6. The first-order valence-corrected chi connectivity index (χ1v) is 12.7. The molecular weight excluding hydrogens is 424 g/mol. The number of hydrogen-bond donors (Lipinski definition) is 3. The van der Waals surface area contributed by atoms with Crippen LogP contribution in [0.3, 0.4) is 0 Å². The number of rotatable bonds is 14. The summed E-state index contributed by atoms with van der Waals surface area (Å²) in [6.07, 6.45) is 12.6. The van der Waals surface area contributed by atoms with E-state index in [0.29, 0.717) is 23.5 Å². The highest BCUT2D eigenvalue weighted by Gasteiger charge is 2.15. The SMILES string of the molecule is CCCCCCCCCCCCOc1cc(-c2cccc(O)c2)c(O)cc1-c1cccc(O)c1. The Hall–Kier alpha value is -3.14. The van der Waals surface area contributed by atoms with E-state index in [1.807, 2.05) is 18.2 Å².